The first-order chi connectivity index (χ1) is 13.3. The molecule has 8 heteroatoms. The van der Waals surface area contributed by atoms with Crippen molar-refractivity contribution >= 4 is 17.2 Å². The molecule has 0 spiro atoms. The quantitative estimate of drug-likeness (QED) is 0.432. The zero-order valence-electron chi connectivity index (χ0n) is 16.8. The van der Waals surface area contributed by atoms with E-state index < -0.39 is 4.92 Å². The van der Waals surface area contributed by atoms with Crippen molar-refractivity contribution in [2.75, 3.05) is 32.1 Å². The van der Waals surface area contributed by atoms with Crippen molar-refractivity contribution in [3.63, 3.8) is 0 Å². The number of hydrogen-bond acceptors (Lipinski definition) is 6. The smallest absolute Gasteiger partial charge is 0.293 e. The second-order valence-electron chi connectivity index (χ2n) is 7.64. The van der Waals surface area contributed by atoms with Gasteiger partial charge in [0.15, 0.2) is 5.82 Å². The average molecular weight is 385 g/mol. The lowest BCUT2D eigenvalue weighted by Crippen LogP contribution is -2.41. The van der Waals surface area contributed by atoms with Gasteiger partial charge in [0.25, 0.3) is 5.69 Å². The number of nitro groups is 1. The molecule has 150 valence electrons. The number of carbonyl (C=O) groups excluding carboxylic acids is 1. The Morgan fingerprint density at radius 2 is 2.00 bits per heavy atom. The average Bonchev–Trinajstić information content (AvgIpc) is 3.12. The van der Waals surface area contributed by atoms with E-state index in [-0.39, 0.29) is 28.9 Å². The number of aromatic nitrogens is 2. The van der Waals surface area contributed by atoms with E-state index in [9.17, 15) is 14.9 Å². The van der Waals surface area contributed by atoms with Gasteiger partial charge in [0.05, 0.1) is 4.92 Å². The summed E-state index contributed by atoms with van der Waals surface area (Å²) >= 11 is 0. The van der Waals surface area contributed by atoms with Crippen molar-refractivity contribution in [1.82, 2.24) is 14.5 Å². The van der Waals surface area contributed by atoms with E-state index >= 15 is 0 Å². The summed E-state index contributed by atoms with van der Waals surface area (Å²) in [7, 11) is 5.73. The van der Waals surface area contributed by atoms with Crippen LogP contribution >= 0.6 is 0 Å². The van der Waals surface area contributed by atoms with Crippen molar-refractivity contribution < 1.29 is 9.72 Å². The number of piperidine rings is 1. The van der Waals surface area contributed by atoms with Crippen molar-refractivity contribution in [1.29, 1.82) is 0 Å². The van der Waals surface area contributed by atoms with E-state index in [0.29, 0.717) is 11.6 Å². The molecule has 0 N–H and O–H groups in total. The Morgan fingerprint density at radius 3 is 2.57 bits per heavy atom. The molecule has 1 aliphatic heterocycles. The van der Waals surface area contributed by atoms with Crippen LogP contribution in [0.4, 0.5) is 11.4 Å². The summed E-state index contributed by atoms with van der Waals surface area (Å²) in [4.78, 5) is 32.3. The molecule has 2 heterocycles. The lowest BCUT2D eigenvalue weighted by molar-refractivity contribution is -0.384. The predicted molar refractivity (Wildman–Crippen MR) is 108 cm³/mol. The van der Waals surface area contributed by atoms with Crippen LogP contribution in [-0.2, 0) is 7.05 Å². The van der Waals surface area contributed by atoms with Gasteiger partial charge >= 0.3 is 0 Å². The van der Waals surface area contributed by atoms with Gasteiger partial charge in [-0.25, -0.2) is 4.98 Å². The maximum Gasteiger partial charge on any atom is 0.293 e. The summed E-state index contributed by atoms with van der Waals surface area (Å²) in [5, 5.41) is 11.7. The van der Waals surface area contributed by atoms with Gasteiger partial charge in [0.2, 0.25) is 5.78 Å². The molecule has 1 aliphatic rings. The van der Waals surface area contributed by atoms with Gasteiger partial charge < -0.3 is 14.4 Å². The SMILES string of the molecule is C[C@H](C1CCN(C)CC1)N(C)c1ccc(C(=O)c2nccn2C)cc1[N+](=O)[O-]. The van der Waals surface area contributed by atoms with E-state index in [2.05, 4.69) is 23.9 Å². The third-order valence-electron chi connectivity index (χ3n) is 5.89. The van der Waals surface area contributed by atoms with Gasteiger partial charge in [0, 0.05) is 44.2 Å². The van der Waals surface area contributed by atoms with Gasteiger partial charge in [0.1, 0.15) is 5.69 Å². The summed E-state index contributed by atoms with van der Waals surface area (Å²) < 4.78 is 1.61. The van der Waals surface area contributed by atoms with Crippen LogP contribution in [0.2, 0.25) is 0 Å². The molecule has 8 nitrogen and oxygen atoms in total. The first-order valence-corrected chi connectivity index (χ1v) is 9.51. The minimum absolute atomic E-state index is 0.0534. The number of nitro benzene ring substituents is 1. The highest BCUT2D eigenvalue weighted by atomic mass is 16.6. The van der Waals surface area contributed by atoms with Crippen LogP contribution in [0.3, 0.4) is 0 Å². The monoisotopic (exact) mass is 385 g/mol. The van der Waals surface area contributed by atoms with Crippen molar-refractivity contribution in [2.24, 2.45) is 13.0 Å². The molecule has 0 saturated carbocycles. The number of aryl methyl sites for hydroxylation is 1. The number of hydrogen-bond donors (Lipinski definition) is 0. The molecule has 2 aromatic rings. The number of benzene rings is 1. The summed E-state index contributed by atoms with van der Waals surface area (Å²) in [6.07, 6.45) is 5.36. The summed E-state index contributed by atoms with van der Waals surface area (Å²) in [5.41, 5.74) is 0.750. The number of anilines is 1. The number of likely N-dealkylation sites (tertiary alicyclic amines) is 1. The number of rotatable bonds is 6. The molecule has 0 aliphatic carbocycles. The molecule has 1 fully saturated rings. The minimum atomic E-state index is -0.414. The molecule has 1 aromatic carbocycles. The maximum atomic E-state index is 12.7. The van der Waals surface area contributed by atoms with Crippen LogP contribution in [0.1, 0.15) is 35.9 Å². The molecule has 0 bridgehead atoms. The van der Waals surface area contributed by atoms with E-state index in [1.165, 1.54) is 12.3 Å². The number of carbonyl (C=O) groups is 1. The molecule has 0 unspecified atom stereocenters. The summed E-state index contributed by atoms with van der Waals surface area (Å²) in [6.45, 7) is 4.21. The van der Waals surface area contributed by atoms with Gasteiger partial charge in [-0.2, -0.15) is 0 Å². The molecule has 1 atom stereocenters. The first-order valence-electron chi connectivity index (χ1n) is 9.51. The summed E-state index contributed by atoms with van der Waals surface area (Å²) in [6, 6.07) is 4.87. The lowest BCUT2D eigenvalue weighted by atomic mass is 9.89. The highest BCUT2D eigenvalue weighted by Crippen LogP contribution is 2.33. The normalized spacial score (nSPS) is 16.7. The van der Waals surface area contributed by atoms with Crippen LogP contribution in [0, 0.1) is 16.0 Å². The molecule has 1 saturated heterocycles. The van der Waals surface area contributed by atoms with E-state index in [4.69, 9.17) is 0 Å². The zero-order valence-corrected chi connectivity index (χ0v) is 16.8. The maximum absolute atomic E-state index is 12.7. The first kappa shape index (κ1) is 20.0. The predicted octanol–water partition coefficient (Wildman–Crippen LogP) is 2.73. The fourth-order valence-electron chi connectivity index (χ4n) is 3.87. The fraction of sp³-hybridized carbons (Fsp3) is 0.500. The van der Waals surface area contributed by atoms with Crippen LogP contribution in [0.25, 0.3) is 0 Å². The van der Waals surface area contributed by atoms with Gasteiger partial charge in [-0.1, -0.05) is 0 Å². The Kier molecular flexibility index (Phi) is 5.79. The minimum Gasteiger partial charge on any atom is -0.366 e. The molecule has 0 amide bonds. The molecule has 1 aromatic heterocycles. The Bertz CT molecular complexity index is 870. The van der Waals surface area contributed by atoms with Crippen molar-refractivity contribution in [2.45, 2.75) is 25.8 Å². The summed E-state index contributed by atoms with van der Waals surface area (Å²) in [5.74, 6) is 0.415. The molecule has 0 radical (unpaired) electrons. The molecular weight excluding hydrogens is 358 g/mol. The van der Waals surface area contributed by atoms with Crippen molar-refractivity contribution in [3.05, 3.63) is 52.1 Å². The third-order valence-corrected chi connectivity index (χ3v) is 5.89. The standard InChI is InChI=1S/C20H27N5O3/c1-14(15-7-10-22(2)11-8-15)24(4)17-6-5-16(13-18(17)25(27)28)19(26)20-21-9-12-23(20)3/h5-6,9,12-15H,7-8,10-11H2,1-4H3/t14-/m1/s1. The number of imidazole rings is 1. The third kappa shape index (κ3) is 3.91. The van der Waals surface area contributed by atoms with Crippen LogP contribution in [-0.4, -0.2) is 58.4 Å². The fourth-order valence-corrected chi connectivity index (χ4v) is 3.87. The topological polar surface area (TPSA) is 84.5 Å². The van der Waals surface area contributed by atoms with Gasteiger partial charge in [-0.3, -0.25) is 14.9 Å². The molecule has 28 heavy (non-hydrogen) atoms. The Balaban J connectivity index is 1.88. The van der Waals surface area contributed by atoms with Crippen LogP contribution in [0.5, 0.6) is 0 Å². The highest BCUT2D eigenvalue weighted by molar-refractivity contribution is 6.07. The Labute approximate surface area is 164 Å². The van der Waals surface area contributed by atoms with Crippen molar-refractivity contribution in [3.8, 4) is 0 Å². The lowest BCUT2D eigenvalue weighted by Gasteiger charge is -2.37. The molecule has 3 rings (SSSR count). The van der Waals surface area contributed by atoms with Gasteiger partial charge in [-0.15, -0.1) is 0 Å². The molecular formula is C20H27N5O3. The van der Waals surface area contributed by atoms with Crippen LogP contribution in [0.15, 0.2) is 30.6 Å². The second-order valence-corrected chi connectivity index (χ2v) is 7.64. The van der Waals surface area contributed by atoms with Gasteiger partial charge in [-0.05, 0) is 58.0 Å². The van der Waals surface area contributed by atoms with E-state index in [1.54, 1.807) is 29.9 Å². The largest absolute Gasteiger partial charge is 0.366 e. The second kappa shape index (κ2) is 8.10. The van der Waals surface area contributed by atoms with E-state index in [0.717, 1.165) is 25.9 Å². The van der Waals surface area contributed by atoms with Crippen LogP contribution < -0.4 is 4.90 Å². The number of ketones is 1. The van der Waals surface area contributed by atoms with E-state index in [1.807, 2.05) is 11.9 Å². The zero-order chi connectivity index (χ0) is 20.4. The number of nitrogens with zero attached hydrogens (tertiary/aromatic N) is 5. The highest BCUT2D eigenvalue weighted by Gasteiger charge is 2.29. The Morgan fingerprint density at radius 1 is 1.32 bits per heavy atom. The Hall–Kier alpha value is -2.74.